The van der Waals surface area contributed by atoms with Gasteiger partial charge in [0.05, 0.1) is 0 Å². The molecule has 2 heterocycles. The molecule has 1 aliphatic rings. The van der Waals surface area contributed by atoms with Gasteiger partial charge in [-0.2, -0.15) is 0 Å². The molecular formula is C16H12N2O2. The van der Waals surface area contributed by atoms with Crippen LogP contribution in [0, 0.1) is 0 Å². The zero-order chi connectivity index (χ0) is 13.5. The van der Waals surface area contributed by atoms with E-state index in [1.54, 1.807) is 6.20 Å². The molecule has 2 N–H and O–H groups in total. The van der Waals surface area contributed by atoms with Crippen LogP contribution in [-0.2, 0) is 0 Å². The van der Waals surface area contributed by atoms with E-state index >= 15 is 0 Å². The first-order valence-electron chi connectivity index (χ1n) is 6.35. The maximum Gasteiger partial charge on any atom is 0.231 e. The normalized spacial score (nSPS) is 12.8. The Morgan fingerprint density at radius 2 is 1.85 bits per heavy atom. The third-order valence-electron chi connectivity index (χ3n) is 3.54. The summed E-state index contributed by atoms with van der Waals surface area (Å²) >= 11 is 0. The van der Waals surface area contributed by atoms with Crippen molar-refractivity contribution in [2.75, 3.05) is 12.5 Å². The SMILES string of the molecule is Nc1ccc(-c2ccc3c(c2)OCO3)c2cnccc12. The minimum atomic E-state index is 0.281. The van der Waals surface area contributed by atoms with E-state index in [4.69, 9.17) is 15.2 Å². The molecule has 4 nitrogen and oxygen atoms in total. The Hall–Kier alpha value is -2.75. The Morgan fingerprint density at radius 1 is 0.950 bits per heavy atom. The van der Waals surface area contributed by atoms with Gasteiger partial charge in [0.2, 0.25) is 6.79 Å². The summed E-state index contributed by atoms with van der Waals surface area (Å²) in [6, 6.07) is 11.8. The van der Waals surface area contributed by atoms with Crippen LogP contribution in [0.25, 0.3) is 21.9 Å². The molecule has 0 radical (unpaired) electrons. The van der Waals surface area contributed by atoms with Crippen LogP contribution < -0.4 is 15.2 Å². The Kier molecular flexibility index (Phi) is 2.29. The lowest BCUT2D eigenvalue weighted by Crippen LogP contribution is -1.92. The molecule has 1 aliphatic heterocycles. The number of ether oxygens (including phenoxy) is 2. The quantitative estimate of drug-likeness (QED) is 0.686. The highest BCUT2D eigenvalue weighted by molar-refractivity contribution is 6.02. The van der Waals surface area contributed by atoms with Crippen molar-refractivity contribution in [3.63, 3.8) is 0 Å². The van der Waals surface area contributed by atoms with E-state index in [1.807, 2.05) is 42.6 Å². The lowest BCUT2D eigenvalue weighted by Gasteiger charge is -2.09. The van der Waals surface area contributed by atoms with Gasteiger partial charge >= 0.3 is 0 Å². The summed E-state index contributed by atoms with van der Waals surface area (Å²) in [5.41, 5.74) is 8.92. The zero-order valence-corrected chi connectivity index (χ0v) is 10.7. The fraction of sp³-hybridized carbons (Fsp3) is 0.0625. The molecule has 0 aliphatic carbocycles. The van der Waals surface area contributed by atoms with Crippen molar-refractivity contribution in [3.05, 3.63) is 48.8 Å². The molecule has 0 bridgehead atoms. The second-order valence-corrected chi connectivity index (χ2v) is 4.69. The smallest absolute Gasteiger partial charge is 0.231 e. The Morgan fingerprint density at radius 3 is 2.80 bits per heavy atom. The van der Waals surface area contributed by atoms with Crippen LogP contribution in [0.3, 0.4) is 0 Å². The number of benzene rings is 2. The van der Waals surface area contributed by atoms with E-state index in [2.05, 4.69) is 4.98 Å². The molecule has 4 rings (SSSR count). The molecular weight excluding hydrogens is 252 g/mol. The molecule has 2 aromatic carbocycles. The topological polar surface area (TPSA) is 57.4 Å². The molecule has 0 fully saturated rings. The lowest BCUT2D eigenvalue weighted by atomic mass is 9.98. The van der Waals surface area contributed by atoms with E-state index in [-0.39, 0.29) is 6.79 Å². The first-order valence-corrected chi connectivity index (χ1v) is 6.35. The molecule has 1 aromatic heterocycles. The van der Waals surface area contributed by atoms with Crippen molar-refractivity contribution < 1.29 is 9.47 Å². The number of hydrogen-bond donors (Lipinski definition) is 1. The summed E-state index contributed by atoms with van der Waals surface area (Å²) in [6.07, 6.45) is 3.59. The van der Waals surface area contributed by atoms with Crippen LogP contribution in [0.2, 0.25) is 0 Å². The van der Waals surface area contributed by atoms with Crippen molar-refractivity contribution in [1.82, 2.24) is 4.98 Å². The Bertz CT molecular complexity index is 815. The summed E-state index contributed by atoms with van der Waals surface area (Å²) in [7, 11) is 0. The van der Waals surface area contributed by atoms with E-state index in [0.717, 1.165) is 39.1 Å². The van der Waals surface area contributed by atoms with Crippen LogP contribution in [0.5, 0.6) is 11.5 Å². The Labute approximate surface area is 115 Å². The van der Waals surface area contributed by atoms with Gasteiger partial charge in [-0.25, -0.2) is 0 Å². The van der Waals surface area contributed by atoms with E-state index in [1.165, 1.54) is 0 Å². The first kappa shape index (κ1) is 11.1. The highest BCUT2D eigenvalue weighted by Crippen LogP contribution is 2.38. The van der Waals surface area contributed by atoms with Crippen LogP contribution in [0.4, 0.5) is 5.69 Å². The summed E-state index contributed by atoms with van der Waals surface area (Å²) < 4.78 is 10.8. The molecule has 3 aromatic rings. The van der Waals surface area contributed by atoms with Gasteiger partial charge in [0.1, 0.15) is 0 Å². The number of fused-ring (bicyclic) bond motifs is 2. The van der Waals surface area contributed by atoms with Crippen LogP contribution >= 0.6 is 0 Å². The summed E-state index contributed by atoms with van der Waals surface area (Å²) in [5, 5.41) is 2.04. The molecule has 0 atom stereocenters. The molecule has 0 spiro atoms. The highest BCUT2D eigenvalue weighted by atomic mass is 16.7. The van der Waals surface area contributed by atoms with Crippen LogP contribution in [-0.4, -0.2) is 11.8 Å². The average Bonchev–Trinajstić information content (AvgIpc) is 2.95. The zero-order valence-electron chi connectivity index (χ0n) is 10.7. The molecule has 98 valence electrons. The number of aromatic nitrogens is 1. The summed E-state index contributed by atoms with van der Waals surface area (Å²) in [4.78, 5) is 4.20. The third-order valence-corrected chi connectivity index (χ3v) is 3.54. The molecule has 0 amide bonds. The number of nitrogens with zero attached hydrogens (tertiary/aromatic N) is 1. The van der Waals surface area contributed by atoms with Crippen molar-refractivity contribution in [2.45, 2.75) is 0 Å². The maximum absolute atomic E-state index is 6.02. The van der Waals surface area contributed by atoms with Gasteiger partial charge in [0, 0.05) is 28.9 Å². The van der Waals surface area contributed by atoms with E-state index < -0.39 is 0 Å². The van der Waals surface area contributed by atoms with Crippen molar-refractivity contribution in [1.29, 1.82) is 0 Å². The Balaban J connectivity index is 1.97. The second-order valence-electron chi connectivity index (χ2n) is 4.69. The third kappa shape index (κ3) is 1.58. The fourth-order valence-corrected chi connectivity index (χ4v) is 2.53. The minimum Gasteiger partial charge on any atom is -0.454 e. The summed E-state index contributed by atoms with van der Waals surface area (Å²) in [6.45, 7) is 0.281. The standard InChI is InChI=1S/C16H12N2O2/c17-14-3-2-11(13-8-18-6-5-12(13)14)10-1-4-15-16(7-10)20-9-19-15/h1-8H,9,17H2. The first-order chi connectivity index (χ1) is 9.83. The maximum atomic E-state index is 6.02. The number of anilines is 1. The van der Waals surface area contributed by atoms with Crippen molar-refractivity contribution in [3.8, 4) is 22.6 Å². The summed E-state index contributed by atoms with van der Waals surface area (Å²) in [5.74, 6) is 1.56. The van der Waals surface area contributed by atoms with Gasteiger partial charge in [0.15, 0.2) is 11.5 Å². The predicted molar refractivity (Wildman–Crippen MR) is 77.7 cm³/mol. The van der Waals surface area contributed by atoms with E-state index in [0.29, 0.717) is 0 Å². The number of pyridine rings is 1. The second kappa shape index (κ2) is 4.13. The molecule has 20 heavy (non-hydrogen) atoms. The van der Waals surface area contributed by atoms with Crippen molar-refractivity contribution >= 4 is 16.5 Å². The minimum absolute atomic E-state index is 0.281. The van der Waals surface area contributed by atoms with Gasteiger partial charge in [-0.3, -0.25) is 4.98 Å². The average molecular weight is 264 g/mol. The number of hydrogen-bond acceptors (Lipinski definition) is 4. The lowest BCUT2D eigenvalue weighted by molar-refractivity contribution is 0.174. The fourth-order valence-electron chi connectivity index (χ4n) is 2.53. The van der Waals surface area contributed by atoms with Gasteiger partial charge in [-0.05, 0) is 35.4 Å². The van der Waals surface area contributed by atoms with Gasteiger partial charge in [-0.1, -0.05) is 12.1 Å². The largest absolute Gasteiger partial charge is 0.454 e. The highest BCUT2D eigenvalue weighted by Gasteiger charge is 2.15. The molecule has 0 unspecified atom stereocenters. The predicted octanol–water partition coefficient (Wildman–Crippen LogP) is 3.21. The number of nitrogen functional groups attached to an aromatic ring is 1. The number of nitrogens with two attached hydrogens (primary N) is 1. The molecule has 0 saturated heterocycles. The van der Waals surface area contributed by atoms with Crippen LogP contribution in [0.1, 0.15) is 0 Å². The van der Waals surface area contributed by atoms with Gasteiger partial charge in [0.25, 0.3) is 0 Å². The van der Waals surface area contributed by atoms with Gasteiger partial charge < -0.3 is 15.2 Å². The monoisotopic (exact) mass is 264 g/mol. The van der Waals surface area contributed by atoms with E-state index in [9.17, 15) is 0 Å². The number of rotatable bonds is 1. The molecule has 4 heteroatoms. The van der Waals surface area contributed by atoms with Crippen molar-refractivity contribution in [2.24, 2.45) is 0 Å². The molecule has 0 saturated carbocycles. The van der Waals surface area contributed by atoms with Crippen LogP contribution in [0.15, 0.2) is 48.8 Å². The van der Waals surface area contributed by atoms with Gasteiger partial charge in [-0.15, -0.1) is 0 Å².